The molecular formula is C14H18ClN3O. The highest BCUT2D eigenvalue weighted by atomic mass is 35.5. The van der Waals surface area contributed by atoms with Crippen molar-refractivity contribution in [2.24, 2.45) is 0 Å². The number of nitrogen functional groups attached to an aromatic ring is 1. The standard InChI is InChI=1S/C14H18ClN3O/c1-8(2)19-13-7-11(5-6-12(13)16)18-10(4)14(15)9(3)17-18/h5-8H,16H2,1-4H3. The summed E-state index contributed by atoms with van der Waals surface area (Å²) >= 11 is 6.16. The van der Waals surface area contributed by atoms with Gasteiger partial charge in [0.1, 0.15) is 5.75 Å². The maximum absolute atomic E-state index is 6.16. The maximum atomic E-state index is 6.16. The van der Waals surface area contributed by atoms with Crippen LogP contribution in [-0.4, -0.2) is 15.9 Å². The quantitative estimate of drug-likeness (QED) is 0.875. The van der Waals surface area contributed by atoms with Gasteiger partial charge in [-0.1, -0.05) is 11.6 Å². The Balaban J connectivity index is 2.48. The van der Waals surface area contributed by atoms with Crippen LogP contribution >= 0.6 is 11.6 Å². The molecule has 0 bridgehead atoms. The van der Waals surface area contributed by atoms with Crippen molar-refractivity contribution in [1.29, 1.82) is 0 Å². The van der Waals surface area contributed by atoms with Crippen molar-refractivity contribution in [3.63, 3.8) is 0 Å². The first-order valence-electron chi connectivity index (χ1n) is 6.18. The van der Waals surface area contributed by atoms with Crippen LogP contribution in [0.5, 0.6) is 5.75 Å². The van der Waals surface area contributed by atoms with Gasteiger partial charge < -0.3 is 10.5 Å². The van der Waals surface area contributed by atoms with Crippen molar-refractivity contribution >= 4 is 17.3 Å². The van der Waals surface area contributed by atoms with Crippen molar-refractivity contribution in [1.82, 2.24) is 9.78 Å². The summed E-state index contributed by atoms with van der Waals surface area (Å²) in [6.07, 6.45) is 0.0709. The summed E-state index contributed by atoms with van der Waals surface area (Å²) in [6.45, 7) is 7.74. The highest BCUT2D eigenvalue weighted by Crippen LogP contribution is 2.28. The first kappa shape index (κ1) is 13.7. The van der Waals surface area contributed by atoms with Gasteiger partial charge in [-0.05, 0) is 39.8 Å². The molecule has 102 valence electrons. The second-order valence-corrected chi connectivity index (χ2v) is 5.16. The molecule has 0 aliphatic rings. The van der Waals surface area contributed by atoms with Crippen LogP contribution in [-0.2, 0) is 0 Å². The predicted octanol–water partition coefficient (Wildman–Crippen LogP) is 3.51. The lowest BCUT2D eigenvalue weighted by atomic mass is 10.2. The zero-order valence-electron chi connectivity index (χ0n) is 11.6. The Bertz CT molecular complexity index is 605. The number of hydrogen-bond acceptors (Lipinski definition) is 3. The van der Waals surface area contributed by atoms with Crippen LogP contribution in [0.15, 0.2) is 18.2 Å². The van der Waals surface area contributed by atoms with E-state index in [-0.39, 0.29) is 6.10 Å². The average Bonchev–Trinajstić information content (AvgIpc) is 2.59. The topological polar surface area (TPSA) is 53.1 Å². The number of ether oxygens (including phenoxy) is 1. The molecular weight excluding hydrogens is 262 g/mol. The average molecular weight is 280 g/mol. The minimum Gasteiger partial charge on any atom is -0.489 e. The SMILES string of the molecule is Cc1nn(-c2ccc(N)c(OC(C)C)c2)c(C)c1Cl. The molecule has 0 aliphatic heterocycles. The van der Waals surface area contributed by atoms with E-state index in [1.165, 1.54) is 0 Å². The Morgan fingerprint density at radius 2 is 2.00 bits per heavy atom. The molecule has 19 heavy (non-hydrogen) atoms. The van der Waals surface area contributed by atoms with E-state index in [0.29, 0.717) is 16.5 Å². The van der Waals surface area contributed by atoms with Gasteiger partial charge in [-0.2, -0.15) is 5.10 Å². The van der Waals surface area contributed by atoms with E-state index in [4.69, 9.17) is 22.1 Å². The molecule has 0 fully saturated rings. The Morgan fingerprint density at radius 3 is 2.53 bits per heavy atom. The van der Waals surface area contributed by atoms with Gasteiger partial charge in [-0.3, -0.25) is 0 Å². The number of hydrogen-bond donors (Lipinski definition) is 1. The molecule has 0 saturated carbocycles. The van der Waals surface area contributed by atoms with Crippen molar-refractivity contribution in [3.8, 4) is 11.4 Å². The van der Waals surface area contributed by atoms with Crippen molar-refractivity contribution in [2.45, 2.75) is 33.8 Å². The fourth-order valence-corrected chi connectivity index (χ4v) is 2.00. The van der Waals surface area contributed by atoms with Crippen LogP contribution in [0.3, 0.4) is 0 Å². The highest BCUT2D eigenvalue weighted by Gasteiger charge is 2.12. The summed E-state index contributed by atoms with van der Waals surface area (Å²) in [7, 11) is 0. The van der Waals surface area contributed by atoms with E-state index in [1.807, 2.05) is 45.9 Å². The number of aromatic nitrogens is 2. The number of nitrogens with two attached hydrogens (primary N) is 1. The summed E-state index contributed by atoms with van der Waals surface area (Å²) in [5, 5.41) is 5.10. The van der Waals surface area contributed by atoms with Crippen LogP contribution in [0.2, 0.25) is 5.02 Å². The Hall–Kier alpha value is -1.68. The smallest absolute Gasteiger partial charge is 0.144 e. The number of benzene rings is 1. The van der Waals surface area contributed by atoms with Gasteiger partial charge in [0, 0.05) is 6.07 Å². The number of nitrogens with zero attached hydrogens (tertiary/aromatic N) is 2. The van der Waals surface area contributed by atoms with Gasteiger partial charge in [-0.25, -0.2) is 4.68 Å². The lowest BCUT2D eigenvalue weighted by molar-refractivity contribution is 0.244. The number of aryl methyl sites for hydroxylation is 1. The zero-order valence-corrected chi connectivity index (χ0v) is 12.3. The molecule has 0 spiro atoms. The monoisotopic (exact) mass is 279 g/mol. The third-order valence-corrected chi connectivity index (χ3v) is 3.35. The fourth-order valence-electron chi connectivity index (χ4n) is 1.89. The molecule has 1 aromatic carbocycles. The predicted molar refractivity (Wildman–Crippen MR) is 78.2 cm³/mol. The highest BCUT2D eigenvalue weighted by molar-refractivity contribution is 6.31. The normalized spacial score (nSPS) is 11.1. The molecule has 0 unspecified atom stereocenters. The van der Waals surface area contributed by atoms with Gasteiger partial charge in [0.25, 0.3) is 0 Å². The zero-order chi connectivity index (χ0) is 14.2. The maximum Gasteiger partial charge on any atom is 0.144 e. The molecule has 0 radical (unpaired) electrons. The molecule has 0 saturated heterocycles. The van der Waals surface area contributed by atoms with Gasteiger partial charge >= 0.3 is 0 Å². The van der Waals surface area contributed by atoms with Crippen molar-refractivity contribution < 1.29 is 4.74 Å². The molecule has 0 aliphatic carbocycles. The fraction of sp³-hybridized carbons (Fsp3) is 0.357. The summed E-state index contributed by atoms with van der Waals surface area (Å²) in [4.78, 5) is 0. The Kier molecular flexibility index (Phi) is 3.71. The molecule has 1 heterocycles. The van der Waals surface area contributed by atoms with Gasteiger partial charge in [0.15, 0.2) is 0 Å². The third-order valence-electron chi connectivity index (χ3n) is 2.81. The van der Waals surface area contributed by atoms with Gasteiger partial charge in [0.2, 0.25) is 0 Å². The largest absolute Gasteiger partial charge is 0.489 e. The summed E-state index contributed by atoms with van der Waals surface area (Å²) in [6, 6.07) is 5.60. The van der Waals surface area contributed by atoms with Gasteiger partial charge in [0.05, 0.1) is 33.9 Å². The van der Waals surface area contributed by atoms with E-state index in [2.05, 4.69) is 5.10 Å². The second-order valence-electron chi connectivity index (χ2n) is 4.79. The lowest BCUT2D eigenvalue weighted by Gasteiger charge is -2.14. The van der Waals surface area contributed by atoms with E-state index in [0.717, 1.165) is 17.1 Å². The van der Waals surface area contributed by atoms with E-state index in [1.54, 1.807) is 4.68 Å². The minimum absolute atomic E-state index is 0.0709. The van der Waals surface area contributed by atoms with E-state index >= 15 is 0 Å². The number of halogens is 1. The van der Waals surface area contributed by atoms with E-state index < -0.39 is 0 Å². The summed E-state index contributed by atoms with van der Waals surface area (Å²) < 4.78 is 7.48. The molecule has 0 amide bonds. The molecule has 2 N–H and O–H groups in total. The van der Waals surface area contributed by atoms with Crippen molar-refractivity contribution in [3.05, 3.63) is 34.6 Å². The Morgan fingerprint density at radius 1 is 1.32 bits per heavy atom. The van der Waals surface area contributed by atoms with Crippen LogP contribution in [0.25, 0.3) is 5.69 Å². The van der Waals surface area contributed by atoms with Crippen LogP contribution in [0, 0.1) is 13.8 Å². The van der Waals surface area contributed by atoms with Gasteiger partial charge in [-0.15, -0.1) is 0 Å². The lowest BCUT2D eigenvalue weighted by Crippen LogP contribution is -2.08. The van der Waals surface area contributed by atoms with Crippen LogP contribution < -0.4 is 10.5 Å². The van der Waals surface area contributed by atoms with Crippen LogP contribution in [0.4, 0.5) is 5.69 Å². The molecule has 0 atom stereocenters. The molecule has 4 nitrogen and oxygen atoms in total. The molecule has 2 rings (SSSR count). The minimum atomic E-state index is 0.0709. The first-order chi connectivity index (χ1) is 8.90. The second kappa shape index (κ2) is 5.13. The molecule has 2 aromatic rings. The third kappa shape index (κ3) is 2.68. The molecule has 1 aromatic heterocycles. The summed E-state index contributed by atoms with van der Waals surface area (Å²) in [5.41, 5.74) is 9.12. The van der Waals surface area contributed by atoms with Crippen molar-refractivity contribution in [2.75, 3.05) is 5.73 Å². The summed E-state index contributed by atoms with van der Waals surface area (Å²) in [5.74, 6) is 0.663. The molecule has 5 heteroatoms. The first-order valence-corrected chi connectivity index (χ1v) is 6.56. The Labute approximate surface area is 118 Å². The number of rotatable bonds is 3. The number of anilines is 1. The van der Waals surface area contributed by atoms with Crippen LogP contribution in [0.1, 0.15) is 25.2 Å². The van der Waals surface area contributed by atoms with E-state index in [9.17, 15) is 0 Å².